The third-order valence-corrected chi connectivity index (χ3v) is 3.36. The molecule has 102 valence electrons. The van der Waals surface area contributed by atoms with Crippen molar-refractivity contribution in [2.75, 3.05) is 32.2 Å². The molecule has 0 radical (unpaired) electrons. The van der Waals surface area contributed by atoms with Crippen molar-refractivity contribution >= 4 is 16.6 Å². The standard InChI is InChI=1S/C16H22N2O/c1-4-13-12-16(18(2)10-7-11-19-3)14-8-5-6-9-15(14)17-13/h5-6,8-9,12H,4,7,10-11H2,1-3H3. The minimum atomic E-state index is 0.800. The van der Waals surface area contributed by atoms with Crippen LogP contribution in [0.15, 0.2) is 30.3 Å². The minimum absolute atomic E-state index is 0.800. The first-order valence-corrected chi connectivity index (χ1v) is 6.85. The highest BCUT2D eigenvalue weighted by Crippen LogP contribution is 2.26. The Hall–Kier alpha value is -1.61. The lowest BCUT2D eigenvalue weighted by Crippen LogP contribution is -2.20. The molecule has 0 aliphatic heterocycles. The van der Waals surface area contributed by atoms with Gasteiger partial charge in [-0.25, -0.2) is 0 Å². The zero-order chi connectivity index (χ0) is 13.7. The molecule has 0 aliphatic carbocycles. The van der Waals surface area contributed by atoms with Gasteiger partial charge in [-0.15, -0.1) is 0 Å². The van der Waals surface area contributed by atoms with Gasteiger partial charge in [0.25, 0.3) is 0 Å². The quantitative estimate of drug-likeness (QED) is 0.744. The molecule has 0 saturated carbocycles. The first-order chi connectivity index (χ1) is 9.26. The molecule has 2 aromatic rings. The number of benzene rings is 1. The molecule has 0 atom stereocenters. The third-order valence-electron chi connectivity index (χ3n) is 3.36. The highest BCUT2D eigenvalue weighted by Gasteiger charge is 2.08. The Morgan fingerprint density at radius 2 is 2.05 bits per heavy atom. The molecule has 0 bridgehead atoms. The number of hydrogen-bond acceptors (Lipinski definition) is 3. The summed E-state index contributed by atoms with van der Waals surface area (Å²) in [6.45, 7) is 3.94. The average Bonchev–Trinajstić information content (AvgIpc) is 2.46. The summed E-state index contributed by atoms with van der Waals surface area (Å²) in [6.07, 6.45) is 1.99. The van der Waals surface area contributed by atoms with Crippen molar-refractivity contribution in [3.63, 3.8) is 0 Å². The van der Waals surface area contributed by atoms with E-state index in [4.69, 9.17) is 4.74 Å². The maximum absolute atomic E-state index is 5.12. The molecule has 19 heavy (non-hydrogen) atoms. The van der Waals surface area contributed by atoms with Crippen molar-refractivity contribution in [2.45, 2.75) is 19.8 Å². The van der Waals surface area contributed by atoms with Gasteiger partial charge in [-0.1, -0.05) is 25.1 Å². The number of aromatic nitrogens is 1. The van der Waals surface area contributed by atoms with Crippen LogP contribution in [-0.2, 0) is 11.2 Å². The monoisotopic (exact) mass is 258 g/mol. The maximum atomic E-state index is 5.12. The third kappa shape index (κ3) is 3.24. The fourth-order valence-corrected chi connectivity index (χ4v) is 2.27. The molecule has 1 aromatic heterocycles. The van der Waals surface area contributed by atoms with Crippen molar-refractivity contribution in [3.05, 3.63) is 36.0 Å². The number of methoxy groups -OCH3 is 1. The number of aryl methyl sites for hydroxylation is 1. The van der Waals surface area contributed by atoms with E-state index in [-0.39, 0.29) is 0 Å². The molecule has 0 spiro atoms. The van der Waals surface area contributed by atoms with Crippen LogP contribution in [0.5, 0.6) is 0 Å². The second kappa shape index (κ2) is 6.53. The predicted molar refractivity (Wildman–Crippen MR) is 80.9 cm³/mol. The number of ether oxygens (including phenoxy) is 1. The number of fused-ring (bicyclic) bond motifs is 1. The molecule has 0 amide bonds. The SMILES string of the molecule is CCc1cc(N(C)CCCOC)c2ccccc2n1. The average molecular weight is 258 g/mol. The molecule has 0 aliphatic rings. The van der Waals surface area contributed by atoms with Crippen LogP contribution in [0.4, 0.5) is 5.69 Å². The van der Waals surface area contributed by atoms with Crippen LogP contribution in [0.2, 0.25) is 0 Å². The van der Waals surface area contributed by atoms with Crippen LogP contribution in [0.25, 0.3) is 10.9 Å². The summed E-state index contributed by atoms with van der Waals surface area (Å²) in [5.41, 5.74) is 3.49. The molecule has 3 nitrogen and oxygen atoms in total. The van der Waals surface area contributed by atoms with Crippen molar-refractivity contribution in [2.24, 2.45) is 0 Å². The van der Waals surface area contributed by atoms with Gasteiger partial charge >= 0.3 is 0 Å². The van der Waals surface area contributed by atoms with E-state index in [2.05, 4.69) is 48.1 Å². The number of pyridine rings is 1. The fraction of sp³-hybridized carbons (Fsp3) is 0.438. The Balaban J connectivity index is 2.34. The number of anilines is 1. The molecular formula is C16H22N2O. The second-order valence-electron chi connectivity index (χ2n) is 4.77. The lowest BCUT2D eigenvalue weighted by atomic mass is 10.1. The van der Waals surface area contributed by atoms with Crippen molar-refractivity contribution in [1.82, 2.24) is 4.98 Å². The molecule has 1 aromatic carbocycles. The Morgan fingerprint density at radius 3 is 2.79 bits per heavy atom. The molecule has 0 N–H and O–H groups in total. The van der Waals surface area contributed by atoms with Crippen molar-refractivity contribution < 1.29 is 4.74 Å². The summed E-state index contributed by atoms with van der Waals surface area (Å²) in [4.78, 5) is 6.98. The molecule has 0 fully saturated rings. The maximum Gasteiger partial charge on any atom is 0.0726 e. The first-order valence-electron chi connectivity index (χ1n) is 6.85. The topological polar surface area (TPSA) is 25.4 Å². The zero-order valence-electron chi connectivity index (χ0n) is 12.0. The zero-order valence-corrected chi connectivity index (χ0v) is 12.0. The normalized spacial score (nSPS) is 10.9. The highest BCUT2D eigenvalue weighted by atomic mass is 16.5. The van der Waals surface area contributed by atoms with E-state index >= 15 is 0 Å². The smallest absolute Gasteiger partial charge is 0.0726 e. The van der Waals surface area contributed by atoms with Crippen molar-refractivity contribution in [3.8, 4) is 0 Å². The summed E-state index contributed by atoms with van der Waals surface area (Å²) >= 11 is 0. The van der Waals surface area contributed by atoms with Crippen LogP contribution < -0.4 is 4.90 Å². The minimum Gasteiger partial charge on any atom is -0.385 e. The van der Waals surface area contributed by atoms with Crippen molar-refractivity contribution in [1.29, 1.82) is 0 Å². The molecule has 0 saturated heterocycles. The van der Waals surface area contributed by atoms with Crippen LogP contribution in [-0.4, -0.2) is 32.3 Å². The number of para-hydroxylation sites is 1. The lowest BCUT2D eigenvalue weighted by molar-refractivity contribution is 0.196. The van der Waals surface area contributed by atoms with E-state index in [1.165, 1.54) is 11.1 Å². The van der Waals surface area contributed by atoms with E-state index in [0.29, 0.717) is 0 Å². The van der Waals surface area contributed by atoms with E-state index in [0.717, 1.165) is 37.2 Å². The van der Waals surface area contributed by atoms with Gasteiger partial charge in [-0.3, -0.25) is 4.98 Å². The molecular weight excluding hydrogens is 236 g/mol. The van der Waals surface area contributed by atoms with Gasteiger partial charge in [-0.2, -0.15) is 0 Å². The predicted octanol–water partition coefficient (Wildman–Crippen LogP) is 3.27. The summed E-state index contributed by atoms with van der Waals surface area (Å²) < 4.78 is 5.12. The Kier molecular flexibility index (Phi) is 4.74. The summed E-state index contributed by atoms with van der Waals surface area (Å²) in [5.74, 6) is 0. The number of rotatable bonds is 6. The summed E-state index contributed by atoms with van der Waals surface area (Å²) in [7, 11) is 3.88. The van der Waals surface area contributed by atoms with Gasteiger partial charge in [0.2, 0.25) is 0 Å². The fourth-order valence-electron chi connectivity index (χ4n) is 2.27. The number of nitrogens with zero attached hydrogens (tertiary/aromatic N) is 2. The van der Waals surface area contributed by atoms with E-state index in [9.17, 15) is 0 Å². The van der Waals surface area contributed by atoms with Gasteiger partial charge < -0.3 is 9.64 Å². The Bertz CT molecular complexity index is 539. The largest absolute Gasteiger partial charge is 0.385 e. The van der Waals surface area contributed by atoms with E-state index < -0.39 is 0 Å². The molecule has 1 heterocycles. The van der Waals surface area contributed by atoms with Gasteiger partial charge in [0.15, 0.2) is 0 Å². The lowest BCUT2D eigenvalue weighted by Gasteiger charge is -2.21. The summed E-state index contributed by atoms with van der Waals surface area (Å²) in [6, 6.07) is 10.5. The van der Waals surface area contributed by atoms with Crippen LogP contribution in [0.3, 0.4) is 0 Å². The molecule has 0 unspecified atom stereocenters. The van der Waals surface area contributed by atoms with Gasteiger partial charge in [0, 0.05) is 44.1 Å². The molecule has 2 rings (SSSR count). The summed E-state index contributed by atoms with van der Waals surface area (Å²) in [5, 5.41) is 1.22. The van der Waals surface area contributed by atoms with Crippen LogP contribution in [0, 0.1) is 0 Å². The highest BCUT2D eigenvalue weighted by molar-refractivity contribution is 5.91. The first kappa shape index (κ1) is 13.8. The van der Waals surface area contributed by atoms with Gasteiger partial charge in [0.1, 0.15) is 0 Å². The van der Waals surface area contributed by atoms with E-state index in [1.54, 1.807) is 7.11 Å². The van der Waals surface area contributed by atoms with Crippen LogP contribution in [0.1, 0.15) is 19.0 Å². The Labute approximate surface area is 115 Å². The van der Waals surface area contributed by atoms with E-state index in [1.807, 2.05) is 6.07 Å². The number of hydrogen-bond donors (Lipinski definition) is 0. The molecule has 3 heteroatoms. The second-order valence-corrected chi connectivity index (χ2v) is 4.77. The van der Waals surface area contributed by atoms with Gasteiger partial charge in [0.05, 0.1) is 5.52 Å². The van der Waals surface area contributed by atoms with Crippen LogP contribution >= 0.6 is 0 Å². The Morgan fingerprint density at radius 1 is 1.26 bits per heavy atom. The van der Waals surface area contributed by atoms with Gasteiger partial charge in [-0.05, 0) is 25.0 Å².